The molecule has 10 heteroatoms. The lowest BCUT2D eigenvalue weighted by Crippen LogP contribution is -2.73. The molecular formula is C24H21F4N3O3. The number of rotatable bonds is 8. The van der Waals surface area contributed by atoms with Crippen LogP contribution in [0.4, 0.5) is 17.6 Å². The number of pyridine rings is 1. The van der Waals surface area contributed by atoms with E-state index in [9.17, 15) is 27.2 Å². The summed E-state index contributed by atoms with van der Waals surface area (Å²) >= 11 is 0. The number of nitrogens with one attached hydrogen (secondary N) is 1. The maximum atomic E-state index is 14.8. The molecule has 1 atom stereocenters. The van der Waals surface area contributed by atoms with Crippen molar-refractivity contribution in [3.8, 4) is 0 Å². The molecule has 6 nitrogen and oxygen atoms in total. The summed E-state index contributed by atoms with van der Waals surface area (Å²) in [6.45, 7) is -0.909. The average molecular weight is 475 g/mol. The number of benzene rings is 2. The maximum Gasteiger partial charge on any atom is 0.436 e. The largest absolute Gasteiger partial charge is 0.466 e. The van der Waals surface area contributed by atoms with E-state index in [0.717, 1.165) is 24.1 Å². The van der Waals surface area contributed by atoms with E-state index < -0.39 is 42.6 Å². The normalized spacial score (nSPS) is 13.2. The van der Waals surface area contributed by atoms with Gasteiger partial charge in [0.15, 0.2) is 0 Å². The second-order valence-electron chi connectivity index (χ2n) is 7.36. The Morgan fingerprint density at radius 2 is 1.59 bits per heavy atom. The van der Waals surface area contributed by atoms with E-state index in [4.69, 9.17) is 0 Å². The van der Waals surface area contributed by atoms with Crippen LogP contribution >= 0.6 is 0 Å². The molecule has 0 aliphatic rings. The van der Waals surface area contributed by atoms with Gasteiger partial charge in [-0.25, -0.2) is 9.18 Å². The number of alkyl halides is 3. The number of esters is 1. The van der Waals surface area contributed by atoms with Gasteiger partial charge in [-0.1, -0.05) is 36.4 Å². The molecule has 1 aromatic heterocycles. The van der Waals surface area contributed by atoms with E-state index >= 15 is 0 Å². The number of aromatic nitrogens is 1. The molecule has 0 radical (unpaired) electrons. The van der Waals surface area contributed by atoms with E-state index in [1.807, 2.05) is 5.32 Å². The predicted molar refractivity (Wildman–Crippen MR) is 115 cm³/mol. The van der Waals surface area contributed by atoms with Gasteiger partial charge in [-0.15, -0.1) is 0 Å². The zero-order valence-electron chi connectivity index (χ0n) is 18.1. The summed E-state index contributed by atoms with van der Waals surface area (Å²) in [5, 5.41) is 1.88. The molecule has 2 aromatic carbocycles. The summed E-state index contributed by atoms with van der Waals surface area (Å²) in [7, 11) is 0.803. The Bertz CT molecular complexity index is 1110. The molecule has 0 bridgehead atoms. The van der Waals surface area contributed by atoms with Crippen molar-refractivity contribution in [1.29, 1.82) is 0 Å². The second kappa shape index (κ2) is 10.4. The van der Waals surface area contributed by atoms with Crippen LogP contribution in [0.1, 0.15) is 21.5 Å². The smallest absolute Gasteiger partial charge is 0.436 e. The third-order valence-corrected chi connectivity index (χ3v) is 5.08. The van der Waals surface area contributed by atoms with Gasteiger partial charge in [-0.3, -0.25) is 14.7 Å². The molecule has 1 unspecified atom stereocenters. The van der Waals surface area contributed by atoms with Gasteiger partial charge in [0.2, 0.25) is 0 Å². The number of amides is 1. The van der Waals surface area contributed by atoms with Crippen molar-refractivity contribution >= 4 is 11.9 Å². The Balaban J connectivity index is 2.14. The topological polar surface area (TPSA) is 71.5 Å². The van der Waals surface area contributed by atoms with Crippen LogP contribution in [0.5, 0.6) is 0 Å². The molecule has 0 aliphatic heterocycles. The second-order valence-corrected chi connectivity index (χ2v) is 7.36. The van der Waals surface area contributed by atoms with Crippen molar-refractivity contribution in [2.75, 3.05) is 7.11 Å². The van der Waals surface area contributed by atoms with Crippen molar-refractivity contribution < 1.29 is 31.9 Å². The van der Waals surface area contributed by atoms with E-state index in [1.54, 1.807) is 6.07 Å². The van der Waals surface area contributed by atoms with Gasteiger partial charge in [0.05, 0.1) is 7.11 Å². The van der Waals surface area contributed by atoms with Gasteiger partial charge in [0.1, 0.15) is 5.82 Å². The minimum atomic E-state index is -5.30. The number of ether oxygens (including phenoxy) is 1. The van der Waals surface area contributed by atoms with Gasteiger partial charge >= 0.3 is 12.1 Å². The average Bonchev–Trinajstić information content (AvgIpc) is 2.83. The van der Waals surface area contributed by atoms with Crippen LogP contribution < -0.4 is 5.32 Å². The lowest BCUT2D eigenvalue weighted by molar-refractivity contribution is -0.249. The van der Waals surface area contributed by atoms with Crippen LogP contribution in [0.25, 0.3) is 0 Å². The van der Waals surface area contributed by atoms with Crippen molar-refractivity contribution in [3.63, 3.8) is 0 Å². The first-order valence-electron chi connectivity index (χ1n) is 10.1. The molecule has 0 fully saturated rings. The first-order valence-corrected chi connectivity index (χ1v) is 10.1. The van der Waals surface area contributed by atoms with Gasteiger partial charge in [-0.05, 0) is 41.5 Å². The van der Waals surface area contributed by atoms with Crippen molar-refractivity contribution in [3.05, 3.63) is 102 Å². The summed E-state index contributed by atoms with van der Waals surface area (Å²) in [4.78, 5) is 30.4. The van der Waals surface area contributed by atoms with Crippen molar-refractivity contribution in [2.45, 2.75) is 24.9 Å². The van der Waals surface area contributed by atoms with Crippen LogP contribution in [-0.4, -0.2) is 40.7 Å². The van der Waals surface area contributed by atoms with Gasteiger partial charge in [0.25, 0.3) is 11.6 Å². The fourth-order valence-electron chi connectivity index (χ4n) is 3.41. The van der Waals surface area contributed by atoms with Gasteiger partial charge in [-0.2, -0.15) is 13.2 Å². The zero-order valence-corrected chi connectivity index (χ0v) is 18.1. The number of nitrogens with zero attached hydrogens (tertiary/aromatic N) is 2. The third kappa shape index (κ3) is 5.40. The van der Waals surface area contributed by atoms with Gasteiger partial charge in [0, 0.05) is 31.0 Å². The van der Waals surface area contributed by atoms with Crippen molar-refractivity contribution in [2.24, 2.45) is 0 Å². The Morgan fingerprint density at radius 3 is 2.15 bits per heavy atom. The number of hydrogen-bond donors (Lipinski definition) is 1. The summed E-state index contributed by atoms with van der Waals surface area (Å²) in [5.74, 6) is -3.43. The van der Waals surface area contributed by atoms with Gasteiger partial charge < -0.3 is 10.1 Å². The molecule has 0 saturated heterocycles. The molecule has 3 aromatic rings. The first kappa shape index (κ1) is 24.8. The van der Waals surface area contributed by atoms with Crippen molar-refractivity contribution in [1.82, 2.24) is 15.2 Å². The molecule has 0 aliphatic carbocycles. The molecule has 34 heavy (non-hydrogen) atoms. The Labute approximate surface area is 193 Å². The Kier molecular flexibility index (Phi) is 7.62. The fraction of sp³-hybridized carbons (Fsp3) is 0.208. The quantitative estimate of drug-likeness (QED) is 0.302. The molecule has 1 heterocycles. The molecule has 0 saturated carbocycles. The zero-order chi connectivity index (χ0) is 24.8. The van der Waals surface area contributed by atoms with E-state index in [-0.39, 0.29) is 11.1 Å². The lowest BCUT2D eigenvalue weighted by Gasteiger charge is -2.42. The SMILES string of the molecule is COC(=O)C(NC(=O)c1ccccc1)(N(Cc1ccc(F)cc1)Cc1cccnc1)C(F)(F)F. The van der Waals surface area contributed by atoms with E-state index in [0.29, 0.717) is 5.56 Å². The Morgan fingerprint density at radius 1 is 0.941 bits per heavy atom. The lowest BCUT2D eigenvalue weighted by atomic mass is 10.0. The number of halogens is 4. The maximum absolute atomic E-state index is 14.8. The molecule has 1 N–H and O–H groups in total. The summed E-state index contributed by atoms with van der Waals surface area (Å²) in [6.07, 6.45) is -2.51. The molecule has 1 amide bonds. The number of carbonyl (C=O) groups is 2. The highest BCUT2D eigenvalue weighted by atomic mass is 19.4. The molecule has 0 spiro atoms. The fourth-order valence-corrected chi connectivity index (χ4v) is 3.41. The number of hydrogen-bond acceptors (Lipinski definition) is 5. The number of methoxy groups -OCH3 is 1. The summed E-state index contributed by atoms with van der Waals surface area (Å²) in [5.41, 5.74) is -3.02. The Hall–Kier alpha value is -3.79. The third-order valence-electron chi connectivity index (χ3n) is 5.08. The van der Waals surface area contributed by atoms with Crippen LogP contribution in [-0.2, 0) is 22.6 Å². The predicted octanol–water partition coefficient (Wildman–Crippen LogP) is 4.08. The molecular weight excluding hydrogens is 454 g/mol. The highest BCUT2D eigenvalue weighted by molar-refractivity contribution is 5.98. The van der Waals surface area contributed by atoms with Crippen LogP contribution in [0.3, 0.4) is 0 Å². The summed E-state index contributed by atoms with van der Waals surface area (Å²) in [6, 6.07) is 15.0. The minimum absolute atomic E-state index is 0.0804. The minimum Gasteiger partial charge on any atom is -0.466 e. The summed E-state index contributed by atoms with van der Waals surface area (Å²) < 4.78 is 62.3. The van der Waals surface area contributed by atoms with E-state index in [1.165, 1.54) is 60.9 Å². The molecule has 178 valence electrons. The standard InChI is InChI=1S/C24H21F4N3O3/c1-34-22(33)23(24(26,27)28,30-21(32)19-7-3-2-4-8-19)31(16-18-6-5-13-29-14-18)15-17-9-11-20(25)12-10-17/h2-14H,15-16H2,1H3,(H,30,32). The monoisotopic (exact) mass is 475 g/mol. The molecule has 3 rings (SSSR count). The highest BCUT2D eigenvalue weighted by Crippen LogP contribution is 2.37. The first-order chi connectivity index (χ1) is 16.2. The van der Waals surface area contributed by atoms with Crippen LogP contribution in [0, 0.1) is 5.82 Å². The highest BCUT2D eigenvalue weighted by Gasteiger charge is 2.66. The van der Waals surface area contributed by atoms with E-state index in [2.05, 4.69) is 9.72 Å². The number of carbonyl (C=O) groups excluding carboxylic acids is 2. The van der Waals surface area contributed by atoms with Crippen LogP contribution in [0.15, 0.2) is 79.1 Å². The van der Waals surface area contributed by atoms with Crippen LogP contribution in [0.2, 0.25) is 0 Å².